The van der Waals surface area contributed by atoms with Crippen molar-refractivity contribution in [1.82, 2.24) is 0 Å². The molecule has 0 aliphatic rings. The number of nitriles is 1. The minimum Gasteiger partial charge on any atom is -0.453 e. The van der Waals surface area contributed by atoms with Gasteiger partial charge in [-0.05, 0) is 13.0 Å². The third-order valence-electron chi connectivity index (χ3n) is 1.99. The molecule has 4 nitrogen and oxygen atoms in total. The van der Waals surface area contributed by atoms with Crippen LogP contribution in [-0.4, -0.2) is 13.2 Å². The number of carbonyl (C=O) groups excluding carboxylic acids is 1. The lowest BCUT2D eigenvalue weighted by molar-refractivity contribution is 0.187. The van der Waals surface area contributed by atoms with Crippen molar-refractivity contribution < 1.29 is 18.3 Å². The van der Waals surface area contributed by atoms with Crippen molar-refractivity contribution in [3.05, 3.63) is 28.8 Å². The number of nitrogens with zero attached hydrogens (tertiary/aromatic N) is 1. The summed E-state index contributed by atoms with van der Waals surface area (Å²) in [6, 6.07) is 2.37. The van der Waals surface area contributed by atoms with Crippen molar-refractivity contribution in [1.29, 1.82) is 5.26 Å². The molecule has 6 heteroatoms. The van der Waals surface area contributed by atoms with E-state index in [9.17, 15) is 13.6 Å². The Kier molecular flexibility index (Phi) is 6.35. The van der Waals surface area contributed by atoms with Crippen LogP contribution in [0.25, 0.3) is 0 Å². The number of anilines is 1. The Hall–Kier alpha value is -2.16. The first kappa shape index (κ1) is 15.8. The first-order chi connectivity index (χ1) is 8.51. The van der Waals surface area contributed by atoms with Crippen molar-refractivity contribution in [2.75, 3.05) is 12.4 Å². The maximum Gasteiger partial charge on any atom is 0.411 e. The van der Waals surface area contributed by atoms with Crippen molar-refractivity contribution in [2.24, 2.45) is 0 Å². The Morgan fingerprint density at radius 1 is 1.44 bits per heavy atom. The predicted octanol–water partition coefficient (Wildman–Crippen LogP) is 3.35. The quantitative estimate of drug-likeness (QED) is 0.838. The molecule has 0 spiro atoms. The van der Waals surface area contributed by atoms with Gasteiger partial charge in [-0.1, -0.05) is 13.8 Å². The molecule has 1 aromatic carbocycles. The van der Waals surface area contributed by atoms with E-state index in [0.717, 1.165) is 7.11 Å². The zero-order valence-corrected chi connectivity index (χ0v) is 10.6. The summed E-state index contributed by atoms with van der Waals surface area (Å²) in [7, 11) is 1.12. The number of rotatable bonds is 1. The van der Waals surface area contributed by atoms with Crippen LogP contribution in [0.5, 0.6) is 0 Å². The number of hydrogen-bond acceptors (Lipinski definition) is 3. The fourth-order valence-electron chi connectivity index (χ4n) is 1.16. The van der Waals surface area contributed by atoms with E-state index in [0.29, 0.717) is 6.07 Å². The normalized spacial score (nSPS) is 8.72. The third-order valence-corrected chi connectivity index (χ3v) is 1.99. The van der Waals surface area contributed by atoms with Gasteiger partial charge in [-0.15, -0.1) is 0 Å². The Bertz CT molecular complexity index is 482. The number of methoxy groups -OCH3 is 1. The van der Waals surface area contributed by atoms with Crippen LogP contribution in [0.2, 0.25) is 0 Å². The molecular weight excluding hydrogens is 242 g/mol. The van der Waals surface area contributed by atoms with E-state index < -0.39 is 17.7 Å². The van der Waals surface area contributed by atoms with E-state index in [1.165, 1.54) is 6.92 Å². The summed E-state index contributed by atoms with van der Waals surface area (Å²) in [5, 5.41) is 10.9. The highest BCUT2D eigenvalue weighted by molar-refractivity contribution is 5.87. The fourth-order valence-corrected chi connectivity index (χ4v) is 1.16. The Morgan fingerprint density at radius 3 is 2.44 bits per heavy atom. The number of halogens is 2. The second-order valence-corrected chi connectivity index (χ2v) is 2.95. The number of amides is 1. The van der Waals surface area contributed by atoms with Crippen LogP contribution in [0.1, 0.15) is 25.0 Å². The number of carbonyl (C=O) groups is 1. The minimum absolute atomic E-state index is 0.0896. The molecule has 0 saturated heterocycles. The van der Waals surface area contributed by atoms with Gasteiger partial charge in [0.25, 0.3) is 0 Å². The van der Waals surface area contributed by atoms with E-state index in [1.54, 1.807) is 6.07 Å². The average Bonchev–Trinajstić information content (AvgIpc) is 2.41. The fraction of sp³-hybridized carbons (Fsp3) is 0.333. The Balaban J connectivity index is 0.00000137. The summed E-state index contributed by atoms with van der Waals surface area (Å²) in [5.74, 6) is -2.24. The van der Waals surface area contributed by atoms with Gasteiger partial charge in [0, 0.05) is 5.56 Å². The summed E-state index contributed by atoms with van der Waals surface area (Å²) in [5.41, 5.74) is -0.406. The molecule has 0 unspecified atom stereocenters. The molecule has 18 heavy (non-hydrogen) atoms. The van der Waals surface area contributed by atoms with Gasteiger partial charge in [0.15, 0.2) is 11.6 Å². The number of ether oxygens (including phenoxy) is 1. The summed E-state index contributed by atoms with van der Waals surface area (Å²) in [4.78, 5) is 10.9. The smallest absolute Gasteiger partial charge is 0.411 e. The Labute approximate surface area is 104 Å². The van der Waals surface area contributed by atoms with Gasteiger partial charge in [0.2, 0.25) is 0 Å². The standard InChI is InChI=1S/C10H8F2N2O2.C2H6/c1-5-8(12)7(11)3-6(4-13)9(5)14-10(15)16-2;1-2/h3H,1-2H3,(H,14,15);1-2H3. The first-order valence-corrected chi connectivity index (χ1v) is 5.25. The van der Waals surface area contributed by atoms with Crippen molar-refractivity contribution in [3.8, 4) is 6.07 Å². The van der Waals surface area contributed by atoms with Crippen LogP contribution < -0.4 is 5.32 Å². The molecule has 0 saturated carbocycles. The highest BCUT2D eigenvalue weighted by Gasteiger charge is 2.17. The monoisotopic (exact) mass is 256 g/mol. The highest BCUT2D eigenvalue weighted by Crippen LogP contribution is 2.25. The lowest BCUT2D eigenvalue weighted by Crippen LogP contribution is -2.14. The molecule has 0 aliphatic heterocycles. The molecule has 1 rings (SSSR count). The molecule has 0 aliphatic carbocycles. The number of nitrogens with one attached hydrogen (secondary N) is 1. The van der Waals surface area contributed by atoms with Crippen LogP contribution >= 0.6 is 0 Å². The van der Waals surface area contributed by atoms with E-state index in [1.807, 2.05) is 13.8 Å². The molecule has 0 radical (unpaired) electrons. The molecule has 0 atom stereocenters. The van der Waals surface area contributed by atoms with Gasteiger partial charge >= 0.3 is 6.09 Å². The van der Waals surface area contributed by atoms with Gasteiger partial charge in [-0.3, -0.25) is 5.32 Å². The van der Waals surface area contributed by atoms with E-state index in [2.05, 4.69) is 10.1 Å². The molecular formula is C12H14F2N2O2. The minimum atomic E-state index is -1.13. The summed E-state index contributed by atoms with van der Waals surface area (Å²) in [6.07, 6.45) is -0.856. The lowest BCUT2D eigenvalue weighted by atomic mass is 10.1. The number of benzene rings is 1. The topological polar surface area (TPSA) is 62.1 Å². The van der Waals surface area contributed by atoms with Crippen LogP contribution in [0.3, 0.4) is 0 Å². The van der Waals surface area contributed by atoms with Crippen molar-refractivity contribution in [3.63, 3.8) is 0 Å². The maximum atomic E-state index is 13.2. The van der Waals surface area contributed by atoms with Gasteiger partial charge in [-0.25, -0.2) is 13.6 Å². The van der Waals surface area contributed by atoms with E-state index in [4.69, 9.17) is 5.26 Å². The SMILES string of the molecule is CC.COC(=O)Nc1c(C#N)cc(F)c(F)c1C. The van der Waals surface area contributed by atoms with Crippen molar-refractivity contribution in [2.45, 2.75) is 20.8 Å². The Morgan fingerprint density at radius 2 is 2.00 bits per heavy atom. The zero-order valence-electron chi connectivity index (χ0n) is 10.6. The van der Waals surface area contributed by atoms with Gasteiger partial charge in [0.1, 0.15) is 6.07 Å². The summed E-state index contributed by atoms with van der Waals surface area (Å²) in [6.45, 7) is 5.25. The zero-order chi connectivity index (χ0) is 14.3. The molecule has 0 heterocycles. The number of hydrogen-bond donors (Lipinski definition) is 1. The van der Waals surface area contributed by atoms with Crippen molar-refractivity contribution >= 4 is 11.8 Å². The van der Waals surface area contributed by atoms with E-state index >= 15 is 0 Å². The van der Waals surface area contributed by atoms with Gasteiger partial charge in [0.05, 0.1) is 18.4 Å². The van der Waals surface area contributed by atoms with E-state index in [-0.39, 0.29) is 16.8 Å². The molecule has 0 aromatic heterocycles. The lowest BCUT2D eigenvalue weighted by Gasteiger charge is -2.10. The maximum absolute atomic E-state index is 13.2. The van der Waals surface area contributed by atoms with Gasteiger partial charge < -0.3 is 4.74 Å². The molecule has 98 valence electrons. The molecule has 1 N–H and O–H groups in total. The van der Waals surface area contributed by atoms with Crippen LogP contribution in [-0.2, 0) is 4.74 Å². The summed E-state index contributed by atoms with van der Waals surface area (Å²) < 4.78 is 30.4. The second-order valence-electron chi connectivity index (χ2n) is 2.95. The molecule has 0 fully saturated rings. The predicted molar refractivity (Wildman–Crippen MR) is 63.2 cm³/mol. The van der Waals surface area contributed by atoms with Gasteiger partial charge in [-0.2, -0.15) is 5.26 Å². The first-order valence-electron chi connectivity index (χ1n) is 5.25. The van der Waals surface area contributed by atoms with Crippen LogP contribution in [0.4, 0.5) is 19.3 Å². The summed E-state index contributed by atoms with van der Waals surface area (Å²) >= 11 is 0. The van der Waals surface area contributed by atoms with Crippen LogP contribution in [0.15, 0.2) is 6.07 Å². The largest absolute Gasteiger partial charge is 0.453 e. The average molecular weight is 256 g/mol. The molecule has 1 amide bonds. The second kappa shape index (κ2) is 7.22. The van der Waals surface area contributed by atoms with Crippen LogP contribution in [0, 0.1) is 29.9 Å². The molecule has 1 aromatic rings. The third kappa shape index (κ3) is 3.42. The molecule has 0 bridgehead atoms. The highest BCUT2D eigenvalue weighted by atomic mass is 19.2.